The van der Waals surface area contributed by atoms with Crippen LogP contribution in [-0.2, 0) is 4.79 Å². The first-order valence-electron chi connectivity index (χ1n) is 5.12. The Morgan fingerprint density at radius 3 is 3.00 bits per heavy atom. The maximum Gasteiger partial charge on any atom is 0.243 e. The summed E-state index contributed by atoms with van der Waals surface area (Å²) in [6, 6.07) is 7.30. The number of hydrogen-bond acceptors (Lipinski definition) is 4. The summed E-state index contributed by atoms with van der Waals surface area (Å²) in [5.41, 5.74) is 6.52. The lowest BCUT2D eigenvalue weighted by molar-refractivity contribution is -0.117. The molecule has 0 saturated carbocycles. The maximum absolute atomic E-state index is 11.6. The van der Waals surface area contributed by atoms with Crippen molar-refractivity contribution in [3.63, 3.8) is 0 Å². The van der Waals surface area contributed by atoms with Gasteiger partial charge in [-0.3, -0.25) is 4.79 Å². The van der Waals surface area contributed by atoms with Crippen molar-refractivity contribution in [3.8, 4) is 0 Å². The summed E-state index contributed by atoms with van der Waals surface area (Å²) in [6.07, 6.45) is 0.622. The lowest BCUT2D eigenvalue weighted by Gasteiger charge is -2.06. The molecule has 0 saturated heterocycles. The van der Waals surface area contributed by atoms with Gasteiger partial charge in [-0.2, -0.15) is 0 Å². The van der Waals surface area contributed by atoms with Crippen LogP contribution < -0.4 is 11.1 Å². The highest BCUT2D eigenvalue weighted by atomic mass is 32.1. The molecule has 0 aliphatic rings. The average molecular weight is 235 g/mol. The van der Waals surface area contributed by atoms with E-state index in [4.69, 9.17) is 5.73 Å². The molecule has 0 fully saturated rings. The minimum atomic E-state index is -0.466. The van der Waals surface area contributed by atoms with E-state index in [0.717, 1.165) is 10.2 Å². The van der Waals surface area contributed by atoms with E-state index in [9.17, 15) is 4.79 Å². The number of anilines is 1. The molecule has 0 spiro atoms. The summed E-state index contributed by atoms with van der Waals surface area (Å²) in [5, 5.41) is 3.33. The number of fused-ring (bicyclic) bond motifs is 1. The molecular weight excluding hydrogens is 222 g/mol. The third kappa shape index (κ3) is 2.20. The largest absolute Gasteiger partial charge is 0.320 e. The van der Waals surface area contributed by atoms with Crippen LogP contribution in [0.15, 0.2) is 24.3 Å². The van der Waals surface area contributed by atoms with E-state index < -0.39 is 6.04 Å². The summed E-state index contributed by atoms with van der Waals surface area (Å²) in [4.78, 5) is 15.9. The summed E-state index contributed by atoms with van der Waals surface area (Å²) < 4.78 is 1.06. The number of para-hydroxylation sites is 1. The maximum atomic E-state index is 11.6. The van der Waals surface area contributed by atoms with Crippen molar-refractivity contribution in [2.45, 2.75) is 19.4 Å². The Kier molecular flexibility index (Phi) is 3.17. The minimum absolute atomic E-state index is 0.179. The summed E-state index contributed by atoms with van der Waals surface area (Å²) >= 11 is 1.45. The molecule has 0 aliphatic carbocycles. The zero-order valence-electron chi connectivity index (χ0n) is 8.93. The molecule has 1 aromatic carbocycles. The molecule has 84 valence electrons. The highest BCUT2D eigenvalue weighted by Crippen LogP contribution is 2.25. The molecule has 3 N–H and O–H groups in total. The number of nitrogens with two attached hydrogens (primary N) is 1. The molecule has 16 heavy (non-hydrogen) atoms. The number of nitrogens with one attached hydrogen (secondary N) is 1. The van der Waals surface area contributed by atoms with Gasteiger partial charge in [0.1, 0.15) is 0 Å². The number of hydrogen-bond donors (Lipinski definition) is 2. The van der Waals surface area contributed by atoms with E-state index in [0.29, 0.717) is 11.6 Å². The van der Waals surface area contributed by atoms with Gasteiger partial charge in [0, 0.05) is 0 Å². The van der Waals surface area contributed by atoms with Crippen molar-refractivity contribution in [2.24, 2.45) is 5.73 Å². The van der Waals surface area contributed by atoms with Crippen LogP contribution in [0.2, 0.25) is 0 Å². The van der Waals surface area contributed by atoms with Crippen molar-refractivity contribution >= 4 is 32.6 Å². The number of carbonyl (C=O) groups excluding carboxylic acids is 1. The highest BCUT2D eigenvalue weighted by Gasteiger charge is 2.13. The number of nitrogens with zero attached hydrogens (tertiary/aromatic N) is 1. The molecule has 0 bridgehead atoms. The second-order valence-electron chi connectivity index (χ2n) is 3.49. The third-order valence-corrected chi connectivity index (χ3v) is 3.25. The van der Waals surface area contributed by atoms with E-state index in [2.05, 4.69) is 10.3 Å². The summed E-state index contributed by atoms with van der Waals surface area (Å²) in [7, 11) is 0. The topological polar surface area (TPSA) is 68.0 Å². The summed E-state index contributed by atoms with van der Waals surface area (Å²) in [5.74, 6) is -0.179. The number of thiazole rings is 1. The normalized spacial score (nSPS) is 12.6. The second-order valence-corrected chi connectivity index (χ2v) is 4.52. The van der Waals surface area contributed by atoms with Crippen molar-refractivity contribution in [1.82, 2.24) is 4.98 Å². The first-order valence-corrected chi connectivity index (χ1v) is 5.94. The number of rotatable bonds is 3. The van der Waals surface area contributed by atoms with E-state index in [1.807, 2.05) is 31.2 Å². The Bertz CT molecular complexity index is 476. The Hall–Kier alpha value is -1.46. The standard InChI is InChI=1S/C11H13N3OS/c1-2-7(12)10(15)14-11-13-8-5-3-4-6-9(8)16-11/h3-7H,2,12H2,1H3,(H,13,14,15)/t7-/m0/s1. The molecule has 1 atom stereocenters. The van der Waals surface area contributed by atoms with Crippen molar-refractivity contribution in [2.75, 3.05) is 5.32 Å². The molecule has 0 radical (unpaired) electrons. The van der Waals surface area contributed by atoms with Gasteiger partial charge in [-0.05, 0) is 18.6 Å². The monoisotopic (exact) mass is 235 g/mol. The van der Waals surface area contributed by atoms with Crippen LogP contribution in [0, 0.1) is 0 Å². The van der Waals surface area contributed by atoms with E-state index >= 15 is 0 Å². The molecule has 1 aromatic heterocycles. The first-order chi connectivity index (χ1) is 7.70. The molecule has 5 heteroatoms. The highest BCUT2D eigenvalue weighted by molar-refractivity contribution is 7.22. The van der Waals surface area contributed by atoms with Gasteiger partial charge in [-0.15, -0.1) is 0 Å². The van der Waals surface area contributed by atoms with Crippen LogP contribution in [-0.4, -0.2) is 16.9 Å². The zero-order valence-corrected chi connectivity index (χ0v) is 9.75. The first kappa shape index (κ1) is 11.0. The Morgan fingerprint density at radius 2 is 2.31 bits per heavy atom. The average Bonchev–Trinajstić information content (AvgIpc) is 2.69. The van der Waals surface area contributed by atoms with Gasteiger partial charge in [-0.1, -0.05) is 30.4 Å². The Morgan fingerprint density at radius 1 is 1.56 bits per heavy atom. The lowest BCUT2D eigenvalue weighted by atomic mass is 10.2. The van der Waals surface area contributed by atoms with Gasteiger partial charge in [0.25, 0.3) is 0 Å². The smallest absolute Gasteiger partial charge is 0.243 e. The fourth-order valence-corrected chi connectivity index (χ4v) is 2.18. The quantitative estimate of drug-likeness (QED) is 0.854. The molecule has 2 aromatic rings. The van der Waals surface area contributed by atoms with E-state index in [1.54, 1.807) is 0 Å². The Labute approximate surface area is 97.5 Å². The van der Waals surface area contributed by atoms with Crippen LogP contribution in [0.4, 0.5) is 5.13 Å². The van der Waals surface area contributed by atoms with Gasteiger partial charge >= 0.3 is 0 Å². The fourth-order valence-electron chi connectivity index (χ4n) is 1.31. The van der Waals surface area contributed by atoms with Crippen LogP contribution in [0.3, 0.4) is 0 Å². The molecule has 4 nitrogen and oxygen atoms in total. The number of carbonyl (C=O) groups is 1. The molecule has 2 rings (SSSR count). The predicted molar refractivity (Wildman–Crippen MR) is 66.5 cm³/mol. The second kappa shape index (κ2) is 4.59. The van der Waals surface area contributed by atoms with Crippen molar-refractivity contribution in [1.29, 1.82) is 0 Å². The van der Waals surface area contributed by atoms with Gasteiger partial charge < -0.3 is 11.1 Å². The molecule has 0 aliphatic heterocycles. The fraction of sp³-hybridized carbons (Fsp3) is 0.273. The SMILES string of the molecule is CC[C@H](N)C(=O)Nc1nc2ccccc2s1. The van der Waals surface area contributed by atoms with Gasteiger partial charge in [0.2, 0.25) is 5.91 Å². The van der Waals surface area contributed by atoms with Gasteiger partial charge in [0.15, 0.2) is 5.13 Å². The Balaban J connectivity index is 2.18. The number of amides is 1. The van der Waals surface area contributed by atoms with Crippen LogP contribution in [0.1, 0.15) is 13.3 Å². The predicted octanol–water partition coefficient (Wildman–Crippen LogP) is 1.97. The van der Waals surface area contributed by atoms with E-state index in [1.165, 1.54) is 11.3 Å². The van der Waals surface area contributed by atoms with Gasteiger partial charge in [0.05, 0.1) is 16.3 Å². The molecular formula is C11H13N3OS. The van der Waals surface area contributed by atoms with Crippen LogP contribution >= 0.6 is 11.3 Å². The number of aromatic nitrogens is 1. The molecule has 1 heterocycles. The lowest BCUT2D eigenvalue weighted by Crippen LogP contribution is -2.34. The van der Waals surface area contributed by atoms with Crippen LogP contribution in [0.25, 0.3) is 10.2 Å². The molecule has 0 unspecified atom stereocenters. The van der Waals surface area contributed by atoms with E-state index in [-0.39, 0.29) is 5.91 Å². The van der Waals surface area contributed by atoms with Crippen molar-refractivity contribution < 1.29 is 4.79 Å². The summed E-state index contributed by atoms with van der Waals surface area (Å²) in [6.45, 7) is 1.88. The minimum Gasteiger partial charge on any atom is -0.320 e. The number of benzene rings is 1. The third-order valence-electron chi connectivity index (χ3n) is 2.30. The molecule has 1 amide bonds. The van der Waals surface area contributed by atoms with Crippen molar-refractivity contribution in [3.05, 3.63) is 24.3 Å². The van der Waals surface area contributed by atoms with Gasteiger partial charge in [-0.25, -0.2) is 4.98 Å². The zero-order chi connectivity index (χ0) is 11.5. The van der Waals surface area contributed by atoms with Crippen LogP contribution in [0.5, 0.6) is 0 Å².